The molecule has 1 heterocycles. The Balaban J connectivity index is 1.88. The molecule has 0 saturated heterocycles. The number of halogens is 1. The second-order valence-electron chi connectivity index (χ2n) is 4.36. The third-order valence-corrected chi connectivity index (χ3v) is 4.70. The molecule has 0 saturated carbocycles. The van der Waals surface area contributed by atoms with E-state index in [1.807, 2.05) is 0 Å². The minimum absolute atomic E-state index is 0.00596. The van der Waals surface area contributed by atoms with E-state index >= 15 is 0 Å². The number of nitrogens with zero attached hydrogens (tertiary/aromatic N) is 1. The molecule has 0 aliphatic rings. The van der Waals surface area contributed by atoms with Crippen LogP contribution in [0.1, 0.15) is 6.42 Å². The average molecular weight is 340 g/mol. The van der Waals surface area contributed by atoms with Crippen molar-refractivity contribution in [2.75, 3.05) is 11.9 Å². The van der Waals surface area contributed by atoms with Crippen molar-refractivity contribution in [3.05, 3.63) is 53.8 Å². The van der Waals surface area contributed by atoms with Crippen LogP contribution in [-0.4, -0.2) is 25.9 Å². The number of benzene rings is 1. The number of hydrogen-bond donors (Lipinski definition) is 2. The Hall–Kier alpha value is -1.96. The number of aromatic nitrogens is 1. The van der Waals surface area contributed by atoms with Gasteiger partial charge < -0.3 is 5.32 Å². The van der Waals surface area contributed by atoms with Gasteiger partial charge in [-0.1, -0.05) is 23.7 Å². The lowest BCUT2D eigenvalue weighted by Crippen LogP contribution is -2.28. The fourth-order valence-electron chi connectivity index (χ4n) is 1.70. The molecule has 22 heavy (non-hydrogen) atoms. The van der Waals surface area contributed by atoms with Crippen LogP contribution in [0.4, 0.5) is 5.69 Å². The molecule has 0 aliphatic carbocycles. The van der Waals surface area contributed by atoms with Crippen molar-refractivity contribution >= 4 is 33.2 Å². The molecule has 0 atom stereocenters. The van der Waals surface area contributed by atoms with Gasteiger partial charge in [0, 0.05) is 31.0 Å². The first-order valence-corrected chi connectivity index (χ1v) is 8.29. The molecule has 116 valence electrons. The van der Waals surface area contributed by atoms with Crippen LogP contribution in [0.25, 0.3) is 0 Å². The molecule has 2 rings (SSSR count). The summed E-state index contributed by atoms with van der Waals surface area (Å²) in [4.78, 5) is 15.5. The Bertz CT molecular complexity index is 751. The van der Waals surface area contributed by atoms with Crippen LogP contribution in [-0.2, 0) is 14.8 Å². The number of carbonyl (C=O) groups excluding carboxylic acids is 1. The molecular formula is C14H14ClN3O3S. The first-order valence-electron chi connectivity index (χ1n) is 6.43. The highest BCUT2D eigenvalue weighted by atomic mass is 35.5. The Morgan fingerprint density at radius 3 is 2.50 bits per heavy atom. The number of anilines is 1. The lowest BCUT2D eigenvalue weighted by molar-refractivity contribution is -0.116. The molecule has 0 radical (unpaired) electrons. The van der Waals surface area contributed by atoms with Crippen molar-refractivity contribution in [1.29, 1.82) is 0 Å². The van der Waals surface area contributed by atoms with Gasteiger partial charge in [-0.15, -0.1) is 0 Å². The first kappa shape index (κ1) is 16.4. The average Bonchev–Trinajstić information content (AvgIpc) is 2.48. The van der Waals surface area contributed by atoms with Crippen molar-refractivity contribution < 1.29 is 13.2 Å². The first-order chi connectivity index (χ1) is 10.5. The SMILES string of the molecule is O=C(CCNS(=O)(=O)c1ccccc1Cl)Nc1ccncc1. The van der Waals surface area contributed by atoms with Gasteiger partial charge in [0.25, 0.3) is 0 Å². The Labute approximate surface area is 133 Å². The van der Waals surface area contributed by atoms with Crippen LogP contribution >= 0.6 is 11.6 Å². The molecule has 2 N–H and O–H groups in total. The van der Waals surface area contributed by atoms with Crippen LogP contribution in [0, 0.1) is 0 Å². The van der Waals surface area contributed by atoms with E-state index in [1.54, 1.807) is 36.7 Å². The lowest BCUT2D eigenvalue weighted by atomic mass is 10.3. The molecule has 0 spiro atoms. The summed E-state index contributed by atoms with van der Waals surface area (Å²) < 4.78 is 26.5. The van der Waals surface area contributed by atoms with Crippen LogP contribution in [0.3, 0.4) is 0 Å². The minimum Gasteiger partial charge on any atom is -0.326 e. The summed E-state index contributed by atoms with van der Waals surface area (Å²) in [5.74, 6) is -0.298. The molecule has 1 aromatic heterocycles. The zero-order valence-electron chi connectivity index (χ0n) is 11.5. The number of amides is 1. The largest absolute Gasteiger partial charge is 0.326 e. The summed E-state index contributed by atoms with van der Waals surface area (Å²) >= 11 is 5.85. The third kappa shape index (κ3) is 4.52. The third-order valence-electron chi connectivity index (χ3n) is 2.73. The Kier molecular flexibility index (Phi) is 5.48. The lowest BCUT2D eigenvalue weighted by Gasteiger charge is -2.08. The summed E-state index contributed by atoms with van der Waals surface area (Å²) in [6.45, 7) is -0.0233. The van der Waals surface area contributed by atoms with Crippen molar-refractivity contribution in [2.24, 2.45) is 0 Å². The topological polar surface area (TPSA) is 88.2 Å². The van der Waals surface area contributed by atoms with E-state index < -0.39 is 10.0 Å². The van der Waals surface area contributed by atoms with E-state index in [0.29, 0.717) is 5.69 Å². The van der Waals surface area contributed by atoms with E-state index in [1.165, 1.54) is 12.1 Å². The highest BCUT2D eigenvalue weighted by Gasteiger charge is 2.17. The van der Waals surface area contributed by atoms with Gasteiger partial charge in [0.15, 0.2) is 0 Å². The van der Waals surface area contributed by atoms with Gasteiger partial charge in [-0.2, -0.15) is 0 Å². The number of hydrogen-bond acceptors (Lipinski definition) is 4. The summed E-state index contributed by atoms with van der Waals surface area (Å²) in [5, 5.41) is 2.77. The molecular weight excluding hydrogens is 326 g/mol. The normalized spacial score (nSPS) is 11.1. The molecule has 0 fully saturated rings. The molecule has 0 bridgehead atoms. The number of pyridine rings is 1. The maximum atomic E-state index is 12.1. The molecule has 1 amide bonds. The summed E-state index contributed by atoms with van der Waals surface area (Å²) in [7, 11) is -3.73. The van der Waals surface area contributed by atoms with E-state index in [0.717, 1.165) is 0 Å². The van der Waals surface area contributed by atoms with Gasteiger partial charge in [-0.25, -0.2) is 13.1 Å². The van der Waals surface area contributed by atoms with Crippen LogP contribution in [0.15, 0.2) is 53.7 Å². The predicted octanol–water partition coefficient (Wildman–Crippen LogP) is 2.04. The standard InChI is InChI=1S/C14H14ClN3O3S/c15-12-3-1-2-4-13(12)22(20,21)17-10-7-14(19)18-11-5-8-16-9-6-11/h1-6,8-9,17H,7,10H2,(H,16,18,19). The van der Waals surface area contributed by atoms with Gasteiger partial charge in [-0.05, 0) is 24.3 Å². The Morgan fingerprint density at radius 2 is 1.82 bits per heavy atom. The van der Waals surface area contributed by atoms with E-state index in [4.69, 9.17) is 11.6 Å². The quantitative estimate of drug-likeness (QED) is 0.843. The smallest absolute Gasteiger partial charge is 0.242 e. The van der Waals surface area contributed by atoms with E-state index in [-0.39, 0.29) is 28.8 Å². The summed E-state index contributed by atoms with van der Waals surface area (Å²) in [6, 6.07) is 9.41. The summed E-state index contributed by atoms with van der Waals surface area (Å²) in [5.41, 5.74) is 0.606. The summed E-state index contributed by atoms with van der Waals surface area (Å²) in [6.07, 6.45) is 3.11. The van der Waals surface area contributed by atoms with Crippen LogP contribution < -0.4 is 10.0 Å². The van der Waals surface area contributed by atoms with Crippen molar-refractivity contribution in [2.45, 2.75) is 11.3 Å². The van der Waals surface area contributed by atoms with Crippen LogP contribution in [0.2, 0.25) is 5.02 Å². The van der Waals surface area contributed by atoms with Gasteiger partial charge in [0.2, 0.25) is 15.9 Å². The second-order valence-corrected chi connectivity index (χ2v) is 6.50. The zero-order chi connectivity index (χ0) is 16.0. The van der Waals surface area contributed by atoms with Crippen molar-refractivity contribution in [3.8, 4) is 0 Å². The maximum Gasteiger partial charge on any atom is 0.242 e. The van der Waals surface area contributed by atoms with Gasteiger partial charge in [0.05, 0.1) is 5.02 Å². The van der Waals surface area contributed by atoms with E-state index in [2.05, 4.69) is 15.0 Å². The van der Waals surface area contributed by atoms with Crippen molar-refractivity contribution in [3.63, 3.8) is 0 Å². The minimum atomic E-state index is -3.73. The highest BCUT2D eigenvalue weighted by molar-refractivity contribution is 7.89. The fraction of sp³-hybridized carbons (Fsp3) is 0.143. The Morgan fingerprint density at radius 1 is 1.14 bits per heavy atom. The van der Waals surface area contributed by atoms with Crippen molar-refractivity contribution in [1.82, 2.24) is 9.71 Å². The van der Waals surface area contributed by atoms with Gasteiger partial charge >= 0.3 is 0 Å². The molecule has 0 unspecified atom stereocenters. The maximum absolute atomic E-state index is 12.1. The number of rotatable bonds is 6. The molecule has 2 aromatic rings. The van der Waals surface area contributed by atoms with E-state index in [9.17, 15) is 13.2 Å². The zero-order valence-corrected chi connectivity index (χ0v) is 13.1. The molecule has 0 aliphatic heterocycles. The number of nitrogens with one attached hydrogen (secondary N) is 2. The fourth-order valence-corrected chi connectivity index (χ4v) is 3.25. The predicted molar refractivity (Wildman–Crippen MR) is 84.1 cm³/mol. The van der Waals surface area contributed by atoms with Crippen LogP contribution in [0.5, 0.6) is 0 Å². The monoisotopic (exact) mass is 339 g/mol. The number of sulfonamides is 1. The molecule has 8 heteroatoms. The highest BCUT2D eigenvalue weighted by Crippen LogP contribution is 2.19. The second kappa shape index (κ2) is 7.35. The van der Waals surface area contributed by atoms with Gasteiger partial charge in [-0.3, -0.25) is 9.78 Å². The molecule has 6 nitrogen and oxygen atoms in total. The molecule has 1 aromatic carbocycles. The number of carbonyl (C=O) groups is 1. The van der Waals surface area contributed by atoms with Gasteiger partial charge in [0.1, 0.15) is 4.90 Å².